The molecule has 0 aliphatic heterocycles. The second-order valence-electron chi connectivity index (χ2n) is 7.19. The molecular formula is C24H22N4O3S. The van der Waals surface area contributed by atoms with E-state index >= 15 is 0 Å². The average molecular weight is 447 g/mol. The quantitative estimate of drug-likeness (QED) is 0.214. The number of hydrazone groups is 1. The van der Waals surface area contributed by atoms with Crippen molar-refractivity contribution in [1.29, 1.82) is 0 Å². The summed E-state index contributed by atoms with van der Waals surface area (Å²) < 4.78 is 12.0. The fourth-order valence-electron chi connectivity index (χ4n) is 3.31. The van der Waals surface area contributed by atoms with E-state index < -0.39 is 0 Å². The molecule has 0 atom stereocenters. The third-order valence-electron chi connectivity index (χ3n) is 4.84. The van der Waals surface area contributed by atoms with Crippen molar-refractivity contribution in [2.24, 2.45) is 5.10 Å². The molecule has 0 unspecified atom stereocenters. The van der Waals surface area contributed by atoms with Crippen LogP contribution < -0.4 is 14.9 Å². The van der Waals surface area contributed by atoms with Crippen LogP contribution in [0.15, 0.2) is 65.8 Å². The minimum Gasteiger partial charge on any atom is -0.493 e. The first kappa shape index (κ1) is 21.3. The maximum Gasteiger partial charge on any atom is 0.271 e. The van der Waals surface area contributed by atoms with E-state index in [4.69, 9.17) is 21.7 Å². The number of H-pyrrole nitrogens is 2. The lowest BCUT2D eigenvalue weighted by Crippen LogP contribution is -2.17. The first-order valence-corrected chi connectivity index (χ1v) is 10.3. The Hall–Kier alpha value is -3.91. The van der Waals surface area contributed by atoms with Gasteiger partial charge in [0.05, 0.1) is 24.4 Å². The van der Waals surface area contributed by atoms with Crippen molar-refractivity contribution < 1.29 is 14.3 Å². The van der Waals surface area contributed by atoms with Crippen LogP contribution in [0.5, 0.6) is 11.5 Å². The molecule has 1 amide bonds. The van der Waals surface area contributed by atoms with Crippen molar-refractivity contribution in [3.63, 3.8) is 0 Å². The number of aryl methyl sites for hydroxylation is 1. The summed E-state index contributed by atoms with van der Waals surface area (Å²) >= 11 is 5.08. The normalized spacial score (nSPS) is 11.1. The first-order valence-electron chi connectivity index (χ1n) is 9.94. The number of carbonyl (C=O) groups excluding carboxylic acids is 1. The van der Waals surface area contributed by atoms with Crippen LogP contribution in [0, 0.1) is 11.7 Å². The van der Waals surface area contributed by atoms with E-state index in [1.54, 1.807) is 25.3 Å². The largest absolute Gasteiger partial charge is 0.493 e. The molecule has 0 aliphatic carbocycles. The van der Waals surface area contributed by atoms with Crippen LogP contribution in [0.1, 0.15) is 27.0 Å². The number of aromatic amines is 2. The number of methoxy groups -OCH3 is 1. The number of para-hydroxylation sites is 1. The van der Waals surface area contributed by atoms with Gasteiger partial charge in [-0.2, -0.15) is 5.10 Å². The lowest BCUT2D eigenvalue weighted by atomic mass is 10.1. The summed E-state index contributed by atoms with van der Waals surface area (Å²) in [5.41, 5.74) is 7.49. The van der Waals surface area contributed by atoms with E-state index in [1.165, 1.54) is 6.21 Å². The van der Waals surface area contributed by atoms with E-state index in [9.17, 15) is 4.79 Å². The molecule has 0 radical (unpaired) electrons. The van der Waals surface area contributed by atoms with Gasteiger partial charge in [-0.1, -0.05) is 35.9 Å². The van der Waals surface area contributed by atoms with Crippen LogP contribution in [0.4, 0.5) is 0 Å². The Labute approximate surface area is 190 Å². The molecule has 0 aliphatic rings. The van der Waals surface area contributed by atoms with E-state index in [0.29, 0.717) is 34.0 Å². The van der Waals surface area contributed by atoms with Gasteiger partial charge in [0.1, 0.15) is 6.61 Å². The minimum absolute atomic E-state index is 0.339. The number of nitrogens with zero attached hydrogens (tertiary/aromatic N) is 1. The number of nitrogens with one attached hydrogen (secondary N) is 3. The van der Waals surface area contributed by atoms with Gasteiger partial charge in [0.2, 0.25) is 0 Å². The number of benzene rings is 3. The van der Waals surface area contributed by atoms with E-state index in [1.807, 2.05) is 43.3 Å². The second-order valence-corrected chi connectivity index (χ2v) is 7.60. The molecule has 4 aromatic rings. The van der Waals surface area contributed by atoms with Gasteiger partial charge < -0.3 is 19.4 Å². The zero-order chi connectivity index (χ0) is 22.5. The highest BCUT2D eigenvalue weighted by atomic mass is 32.1. The minimum atomic E-state index is -0.339. The summed E-state index contributed by atoms with van der Waals surface area (Å²) in [5, 5.41) is 4.11. The molecule has 1 heterocycles. The number of hydrogen-bond donors (Lipinski definition) is 3. The molecule has 0 saturated heterocycles. The fourth-order valence-corrected chi connectivity index (χ4v) is 3.53. The first-order chi connectivity index (χ1) is 15.5. The summed E-state index contributed by atoms with van der Waals surface area (Å²) in [5.74, 6) is 0.797. The maximum atomic E-state index is 12.5. The topological polar surface area (TPSA) is 91.5 Å². The van der Waals surface area contributed by atoms with Crippen molar-refractivity contribution in [2.45, 2.75) is 13.5 Å². The van der Waals surface area contributed by atoms with Crippen molar-refractivity contribution in [3.8, 4) is 11.5 Å². The summed E-state index contributed by atoms with van der Waals surface area (Å²) in [4.78, 5) is 18.5. The average Bonchev–Trinajstić information content (AvgIpc) is 3.17. The highest BCUT2D eigenvalue weighted by Crippen LogP contribution is 2.31. The van der Waals surface area contributed by atoms with Crippen LogP contribution in [0.3, 0.4) is 0 Å². The summed E-state index contributed by atoms with van der Waals surface area (Å²) in [7, 11) is 1.58. The zero-order valence-corrected chi connectivity index (χ0v) is 18.5. The maximum absolute atomic E-state index is 12.5. The van der Waals surface area contributed by atoms with Crippen molar-refractivity contribution >= 4 is 35.4 Å². The SMILES string of the molecule is COc1cccc(/C=N\NC(=O)c2ccc3[nH]c(=S)[nH]c3c2)c1OCc1cccc(C)c1. The van der Waals surface area contributed by atoms with E-state index in [2.05, 4.69) is 26.6 Å². The molecule has 8 heteroatoms. The Morgan fingerprint density at radius 2 is 1.91 bits per heavy atom. The van der Waals surface area contributed by atoms with Gasteiger partial charge in [0.25, 0.3) is 5.91 Å². The molecule has 3 N–H and O–H groups in total. The van der Waals surface area contributed by atoms with Crippen LogP contribution >= 0.6 is 12.2 Å². The summed E-state index contributed by atoms with van der Waals surface area (Å²) in [6.07, 6.45) is 1.54. The third kappa shape index (κ3) is 4.87. The molecule has 0 bridgehead atoms. The van der Waals surface area contributed by atoms with Gasteiger partial charge in [-0.3, -0.25) is 4.79 Å². The molecule has 32 heavy (non-hydrogen) atoms. The van der Waals surface area contributed by atoms with Crippen LogP contribution in [-0.2, 0) is 6.61 Å². The zero-order valence-electron chi connectivity index (χ0n) is 17.6. The van der Waals surface area contributed by atoms with Gasteiger partial charge in [-0.25, -0.2) is 5.43 Å². The van der Waals surface area contributed by atoms with Crippen LogP contribution in [0.2, 0.25) is 0 Å². The molecule has 0 saturated carbocycles. The Bertz CT molecular complexity index is 1360. The molecule has 162 valence electrons. The lowest BCUT2D eigenvalue weighted by Gasteiger charge is -2.13. The molecular weight excluding hydrogens is 424 g/mol. The molecule has 0 spiro atoms. The Morgan fingerprint density at radius 1 is 1.09 bits per heavy atom. The Morgan fingerprint density at radius 3 is 2.72 bits per heavy atom. The van der Waals surface area contributed by atoms with Crippen molar-refractivity contribution in [3.05, 3.63) is 87.7 Å². The lowest BCUT2D eigenvalue weighted by molar-refractivity contribution is 0.0955. The number of carbonyl (C=O) groups is 1. The number of amides is 1. The number of aromatic nitrogens is 2. The van der Waals surface area contributed by atoms with E-state index in [0.717, 1.165) is 22.2 Å². The van der Waals surface area contributed by atoms with Gasteiger partial charge >= 0.3 is 0 Å². The summed E-state index contributed by atoms with van der Waals surface area (Å²) in [6.45, 7) is 2.42. The molecule has 0 fully saturated rings. The predicted molar refractivity (Wildman–Crippen MR) is 127 cm³/mol. The van der Waals surface area contributed by atoms with Gasteiger partial charge in [0, 0.05) is 11.1 Å². The monoisotopic (exact) mass is 446 g/mol. The molecule has 3 aromatic carbocycles. The molecule has 4 rings (SSSR count). The fraction of sp³-hybridized carbons (Fsp3) is 0.125. The number of ether oxygens (including phenoxy) is 2. The smallest absolute Gasteiger partial charge is 0.271 e. The highest BCUT2D eigenvalue weighted by Gasteiger charge is 2.11. The highest BCUT2D eigenvalue weighted by molar-refractivity contribution is 7.71. The Balaban J connectivity index is 1.49. The number of hydrogen-bond acceptors (Lipinski definition) is 5. The third-order valence-corrected chi connectivity index (χ3v) is 5.05. The second kappa shape index (κ2) is 9.49. The summed E-state index contributed by atoms with van der Waals surface area (Å²) in [6, 6.07) is 18.8. The Kier molecular flexibility index (Phi) is 6.32. The number of imidazole rings is 1. The van der Waals surface area contributed by atoms with Crippen LogP contribution in [-0.4, -0.2) is 29.2 Å². The number of rotatable bonds is 7. The van der Waals surface area contributed by atoms with E-state index in [-0.39, 0.29) is 5.91 Å². The number of fused-ring (bicyclic) bond motifs is 1. The van der Waals surface area contributed by atoms with Crippen LogP contribution in [0.25, 0.3) is 11.0 Å². The standard InChI is InChI=1S/C24H22N4O3S/c1-15-5-3-6-16(11-15)14-31-22-18(7-4-8-21(22)30-2)13-25-28-23(29)17-9-10-19-20(12-17)27-24(32)26-19/h3-13H,14H2,1-2H3,(H,28,29)(H2,26,27,32)/b25-13-. The predicted octanol–water partition coefficient (Wildman–Crippen LogP) is 4.89. The van der Waals surface area contributed by atoms with Crippen molar-refractivity contribution in [1.82, 2.24) is 15.4 Å². The molecule has 7 nitrogen and oxygen atoms in total. The van der Waals surface area contributed by atoms with Gasteiger partial charge in [0.15, 0.2) is 16.3 Å². The van der Waals surface area contributed by atoms with Crippen molar-refractivity contribution in [2.75, 3.05) is 7.11 Å². The molecule has 1 aromatic heterocycles. The van der Waals surface area contributed by atoms with Gasteiger partial charge in [-0.05, 0) is 55.0 Å². The van der Waals surface area contributed by atoms with Gasteiger partial charge in [-0.15, -0.1) is 0 Å².